The van der Waals surface area contributed by atoms with Crippen molar-refractivity contribution in [2.45, 2.75) is 13.5 Å². The molecule has 0 aliphatic carbocycles. The third kappa shape index (κ3) is 2.33. The summed E-state index contributed by atoms with van der Waals surface area (Å²) in [5.41, 5.74) is 7.23. The molecule has 7 heteroatoms. The molecular weight excluding hydrogens is 279 g/mol. The monoisotopic (exact) mass is 290 g/mol. The van der Waals surface area contributed by atoms with Crippen molar-refractivity contribution in [2.24, 2.45) is 5.73 Å². The lowest BCUT2D eigenvalue weighted by Crippen LogP contribution is -1.94. The van der Waals surface area contributed by atoms with Gasteiger partial charge in [-0.15, -0.1) is 11.3 Å². The number of nitrogens with zero attached hydrogens (tertiary/aromatic N) is 3. The largest absolute Gasteiger partial charge is 0.332 e. The van der Waals surface area contributed by atoms with Crippen LogP contribution in [0.4, 0.5) is 4.39 Å². The summed E-state index contributed by atoms with van der Waals surface area (Å²) in [6, 6.07) is 4.81. The zero-order valence-corrected chi connectivity index (χ0v) is 11.4. The maximum absolute atomic E-state index is 13.5. The van der Waals surface area contributed by atoms with Gasteiger partial charge in [-0.25, -0.2) is 9.37 Å². The van der Waals surface area contributed by atoms with E-state index in [1.807, 2.05) is 0 Å². The SMILES string of the molecule is Cc1ccc(-c2noc(-c3csc(CN)n3)n2)cc1F. The summed E-state index contributed by atoms with van der Waals surface area (Å²) in [7, 11) is 0. The predicted octanol–water partition coefficient (Wildman–Crippen LogP) is 2.77. The number of hydrogen-bond acceptors (Lipinski definition) is 6. The molecule has 0 radical (unpaired) electrons. The molecule has 2 aromatic heterocycles. The van der Waals surface area contributed by atoms with Crippen LogP contribution >= 0.6 is 11.3 Å². The number of nitrogens with two attached hydrogens (primary N) is 1. The molecule has 0 unspecified atom stereocenters. The Morgan fingerprint density at radius 2 is 2.20 bits per heavy atom. The molecule has 1 aromatic carbocycles. The van der Waals surface area contributed by atoms with Gasteiger partial charge >= 0.3 is 0 Å². The molecule has 3 aromatic rings. The van der Waals surface area contributed by atoms with Gasteiger partial charge < -0.3 is 10.3 Å². The molecule has 102 valence electrons. The number of aromatic nitrogens is 3. The molecular formula is C13H11FN4OS. The van der Waals surface area contributed by atoms with E-state index in [2.05, 4.69) is 15.1 Å². The molecule has 0 saturated carbocycles. The summed E-state index contributed by atoms with van der Waals surface area (Å²) < 4.78 is 18.7. The molecule has 0 saturated heterocycles. The first-order valence-electron chi connectivity index (χ1n) is 5.92. The first-order chi connectivity index (χ1) is 9.67. The second-order valence-electron chi connectivity index (χ2n) is 4.22. The molecule has 20 heavy (non-hydrogen) atoms. The summed E-state index contributed by atoms with van der Waals surface area (Å²) >= 11 is 1.43. The van der Waals surface area contributed by atoms with E-state index in [0.717, 1.165) is 5.01 Å². The second kappa shape index (κ2) is 5.10. The lowest BCUT2D eigenvalue weighted by atomic mass is 10.1. The number of thiazole rings is 1. The molecule has 5 nitrogen and oxygen atoms in total. The van der Waals surface area contributed by atoms with Gasteiger partial charge in [-0.1, -0.05) is 17.3 Å². The standard InChI is InChI=1S/C13H11FN4OS/c1-7-2-3-8(4-9(7)14)12-17-13(19-18-12)10-6-20-11(5-15)16-10/h2-4,6H,5,15H2,1H3. The number of halogens is 1. The molecule has 0 spiro atoms. The van der Waals surface area contributed by atoms with E-state index in [-0.39, 0.29) is 5.82 Å². The van der Waals surface area contributed by atoms with Crippen LogP contribution in [0, 0.1) is 12.7 Å². The zero-order valence-electron chi connectivity index (χ0n) is 10.6. The normalized spacial score (nSPS) is 10.9. The molecule has 0 atom stereocenters. The van der Waals surface area contributed by atoms with Gasteiger partial charge in [-0.05, 0) is 18.6 Å². The number of aryl methyl sites for hydroxylation is 1. The average Bonchev–Trinajstić information content (AvgIpc) is 3.09. The van der Waals surface area contributed by atoms with Gasteiger partial charge in [0, 0.05) is 17.5 Å². The van der Waals surface area contributed by atoms with Crippen LogP contribution < -0.4 is 5.73 Å². The summed E-state index contributed by atoms with van der Waals surface area (Å²) in [4.78, 5) is 8.49. The Kier molecular flexibility index (Phi) is 3.29. The highest BCUT2D eigenvalue weighted by atomic mass is 32.1. The van der Waals surface area contributed by atoms with Crippen molar-refractivity contribution >= 4 is 11.3 Å². The van der Waals surface area contributed by atoms with Crippen LogP contribution in [0.5, 0.6) is 0 Å². The topological polar surface area (TPSA) is 77.8 Å². The summed E-state index contributed by atoms with van der Waals surface area (Å²) in [6.45, 7) is 2.07. The van der Waals surface area contributed by atoms with Crippen LogP contribution in [-0.4, -0.2) is 15.1 Å². The number of hydrogen-bond donors (Lipinski definition) is 1. The van der Waals surface area contributed by atoms with Crippen LogP contribution in [0.3, 0.4) is 0 Å². The third-order valence-corrected chi connectivity index (χ3v) is 3.67. The smallest absolute Gasteiger partial charge is 0.277 e. The van der Waals surface area contributed by atoms with Crippen LogP contribution in [-0.2, 0) is 6.54 Å². The highest BCUT2D eigenvalue weighted by molar-refractivity contribution is 7.09. The molecule has 0 bridgehead atoms. The van der Waals surface area contributed by atoms with Crippen molar-refractivity contribution < 1.29 is 8.91 Å². The van der Waals surface area contributed by atoms with Crippen LogP contribution in [0.15, 0.2) is 28.1 Å². The minimum Gasteiger partial charge on any atom is -0.332 e. The first kappa shape index (κ1) is 12.9. The van der Waals surface area contributed by atoms with Crippen LogP contribution in [0.25, 0.3) is 23.0 Å². The zero-order chi connectivity index (χ0) is 14.1. The van der Waals surface area contributed by atoms with Gasteiger partial charge in [0.2, 0.25) is 5.82 Å². The van der Waals surface area contributed by atoms with Gasteiger partial charge in [-0.3, -0.25) is 0 Å². The van der Waals surface area contributed by atoms with Crippen molar-refractivity contribution in [1.82, 2.24) is 15.1 Å². The first-order valence-corrected chi connectivity index (χ1v) is 6.80. The van der Waals surface area contributed by atoms with E-state index >= 15 is 0 Å². The maximum Gasteiger partial charge on any atom is 0.277 e. The lowest BCUT2D eigenvalue weighted by Gasteiger charge is -1.97. The Morgan fingerprint density at radius 3 is 2.90 bits per heavy atom. The van der Waals surface area contributed by atoms with Gasteiger partial charge in [0.1, 0.15) is 16.5 Å². The minimum atomic E-state index is -0.298. The van der Waals surface area contributed by atoms with E-state index in [1.54, 1.807) is 24.4 Å². The Bertz CT molecular complexity index is 752. The fourth-order valence-electron chi connectivity index (χ4n) is 1.68. The molecule has 0 fully saturated rings. The van der Waals surface area contributed by atoms with E-state index in [9.17, 15) is 4.39 Å². The van der Waals surface area contributed by atoms with Crippen LogP contribution in [0.1, 0.15) is 10.6 Å². The number of benzene rings is 1. The van der Waals surface area contributed by atoms with Crippen molar-refractivity contribution in [3.63, 3.8) is 0 Å². The van der Waals surface area contributed by atoms with E-state index in [1.165, 1.54) is 17.4 Å². The Balaban J connectivity index is 1.95. The molecule has 0 amide bonds. The van der Waals surface area contributed by atoms with E-state index in [0.29, 0.717) is 35.1 Å². The Morgan fingerprint density at radius 1 is 1.35 bits per heavy atom. The fourth-order valence-corrected chi connectivity index (χ4v) is 2.33. The lowest BCUT2D eigenvalue weighted by molar-refractivity contribution is 0.431. The Hall–Kier alpha value is -2.12. The molecule has 2 heterocycles. The quantitative estimate of drug-likeness (QED) is 0.802. The molecule has 2 N–H and O–H groups in total. The van der Waals surface area contributed by atoms with Gasteiger partial charge in [0.15, 0.2) is 0 Å². The van der Waals surface area contributed by atoms with Gasteiger partial charge in [0.05, 0.1) is 0 Å². The predicted molar refractivity (Wildman–Crippen MR) is 73.4 cm³/mol. The highest BCUT2D eigenvalue weighted by Crippen LogP contribution is 2.24. The molecule has 0 aliphatic rings. The fraction of sp³-hybridized carbons (Fsp3) is 0.154. The summed E-state index contributed by atoms with van der Waals surface area (Å²) in [5, 5.41) is 6.44. The average molecular weight is 290 g/mol. The third-order valence-electron chi connectivity index (χ3n) is 2.80. The highest BCUT2D eigenvalue weighted by Gasteiger charge is 2.14. The minimum absolute atomic E-state index is 0.298. The second-order valence-corrected chi connectivity index (χ2v) is 5.16. The summed E-state index contributed by atoms with van der Waals surface area (Å²) in [6.07, 6.45) is 0. The Labute approximate surface area is 118 Å². The maximum atomic E-state index is 13.5. The van der Waals surface area contributed by atoms with Crippen molar-refractivity contribution in [3.05, 3.63) is 40.0 Å². The van der Waals surface area contributed by atoms with Gasteiger partial charge in [-0.2, -0.15) is 4.98 Å². The van der Waals surface area contributed by atoms with Crippen molar-refractivity contribution in [1.29, 1.82) is 0 Å². The molecule has 0 aliphatic heterocycles. The molecule has 3 rings (SSSR count). The van der Waals surface area contributed by atoms with E-state index in [4.69, 9.17) is 10.3 Å². The van der Waals surface area contributed by atoms with Crippen molar-refractivity contribution in [2.75, 3.05) is 0 Å². The van der Waals surface area contributed by atoms with Crippen LogP contribution in [0.2, 0.25) is 0 Å². The van der Waals surface area contributed by atoms with E-state index < -0.39 is 0 Å². The van der Waals surface area contributed by atoms with Crippen molar-refractivity contribution in [3.8, 4) is 23.0 Å². The van der Waals surface area contributed by atoms with Gasteiger partial charge in [0.25, 0.3) is 5.89 Å². The number of rotatable bonds is 3. The summed E-state index contributed by atoms with van der Waals surface area (Å²) in [5.74, 6) is 0.339.